The van der Waals surface area contributed by atoms with E-state index >= 15 is 0 Å². The lowest BCUT2D eigenvalue weighted by atomic mass is 10.1. The number of hydrogen-bond acceptors (Lipinski definition) is 5. The molecule has 1 aromatic carbocycles. The van der Waals surface area contributed by atoms with Gasteiger partial charge in [-0.25, -0.2) is 0 Å². The minimum atomic E-state index is -0.495. The van der Waals surface area contributed by atoms with E-state index in [4.69, 9.17) is 5.26 Å². The van der Waals surface area contributed by atoms with Crippen molar-refractivity contribution < 1.29 is 4.92 Å². The van der Waals surface area contributed by atoms with Crippen LogP contribution in [-0.2, 0) is 0 Å². The molecule has 0 saturated carbocycles. The Morgan fingerprint density at radius 3 is 2.65 bits per heavy atom. The molecule has 0 amide bonds. The van der Waals surface area contributed by atoms with Crippen molar-refractivity contribution >= 4 is 11.4 Å². The van der Waals surface area contributed by atoms with Gasteiger partial charge in [0.2, 0.25) is 0 Å². The number of hydrogen-bond donors (Lipinski definition) is 1. The van der Waals surface area contributed by atoms with Crippen LogP contribution in [0.5, 0.6) is 0 Å². The number of benzene rings is 1. The third-order valence-corrected chi connectivity index (χ3v) is 3.20. The second-order valence-electron chi connectivity index (χ2n) is 4.41. The fourth-order valence-corrected chi connectivity index (χ4v) is 1.96. The fourth-order valence-electron chi connectivity index (χ4n) is 1.96. The molecule has 0 heterocycles. The van der Waals surface area contributed by atoms with Crippen LogP contribution in [0.25, 0.3) is 0 Å². The maximum absolute atomic E-state index is 10.7. The van der Waals surface area contributed by atoms with Gasteiger partial charge in [0, 0.05) is 18.7 Å². The van der Waals surface area contributed by atoms with Crippen LogP contribution in [0.2, 0.25) is 0 Å². The van der Waals surface area contributed by atoms with Gasteiger partial charge in [0.25, 0.3) is 5.69 Å². The number of nitro groups is 1. The average Bonchev–Trinajstić information content (AvgIpc) is 2.47. The summed E-state index contributed by atoms with van der Waals surface area (Å²) in [6, 6.07) is 6.29. The van der Waals surface area contributed by atoms with Crippen LogP contribution in [0, 0.1) is 21.4 Å². The van der Waals surface area contributed by atoms with Gasteiger partial charge in [-0.05, 0) is 32.1 Å². The first-order chi connectivity index (χ1) is 9.62. The number of rotatable bonds is 8. The second kappa shape index (κ2) is 8.12. The summed E-state index contributed by atoms with van der Waals surface area (Å²) in [7, 11) is 0. The van der Waals surface area contributed by atoms with E-state index in [1.165, 1.54) is 12.1 Å². The molecule has 0 atom stereocenters. The Hall–Kier alpha value is -2.13. The molecule has 0 aliphatic heterocycles. The Balaban J connectivity index is 2.56. The fraction of sp³-hybridized carbons (Fsp3) is 0.500. The van der Waals surface area contributed by atoms with Crippen molar-refractivity contribution in [2.45, 2.75) is 20.3 Å². The van der Waals surface area contributed by atoms with Gasteiger partial charge in [0.15, 0.2) is 0 Å². The molecule has 0 unspecified atom stereocenters. The molecule has 0 bridgehead atoms. The van der Waals surface area contributed by atoms with E-state index in [1.807, 2.05) is 6.07 Å². The van der Waals surface area contributed by atoms with Crippen LogP contribution >= 0.6 is 0 Å². The zero-order chi connectivity index (χ0) is 15.0. The number of non-ortho nitro benzene ring substituents is 1. The van der Waals surface area contributed by atoms with E-state index in [-0.39, 0.29) is 5.69 Å². The summed E-state index contributed by atoms with van der Waals surface area (Å²) in [5.74, 6) is 0. The number of nitrogens with zero attached hydrogens (tertiary/aromatic N) is 3. The van der Waals surface area contributed by atoms with Gasteiger partial charge in [-0.3, -0.25) is 10.1 Å². The standard InChI is InChI=1S/C14H20N4O2/c1-3-17(4-2)9-5-8-16-14-7-6-13(18(19)20)10-12(14)11-15/h6-7,10,16H,3-5,8-9H2,1-2H3. The van der Waals surface area contributed by atoms with E-state index < -0.39 is 4.92 Å². The quantitative estimate of drug-likeness (QED) is 0.448. The van der Waals surface area contributed by atoms with E-state index in [0.29, 0.717) is 11.3 Å². The van der Waals surface area contributed by atoms with Gasteiger partial charge >= 0.3 is 0 Å². The highest BCUT2D eigenvalue weighted by Gasteiger charge is 2.10. The van der Waals surface area contributed by atoms with Crippen LogP contribution in [0.4, 0.5) is 11.4 Å². The first-order valence-corrected chi connectivity index (χ1v) is 6.77. The van der Waals surface area contributed by atoms with E-state index in [1.54, 1.807) is 6.07 Å². The minimum Gasteiger partial charge on any atom is -0.384 e. The Labute approximate surface area is 119 Å². The third-order valence-electron chi connectivity index (χ3n) is 3.20. The lowest BCUT2D eigenvalue weighted by Gasteiger charge is -2.18. The molecule has 1 N–H and O–H groups in total. The van der Waals surface area contributed by atoms with Crippen molar-refractivity contribution in [1.82, 2.24) is 4.90 Å². The predicted molar refractivity (Wildman–Crippen MR) is 78.7 cm³/mol. The molecule has 0 aliphatic carbocycles. The molecule has 0 fully saturated rings. The maximum atomic E-state index is 10.7. The molecular weight excluding hydrogens is 256 g/mol. The van der Waals surface area contributed by atoms with E-state index in [2.05, 4.69) is 24.1 Å². The first-order valence-electron chi connectivity index (χ1n) is 6.77. The zero-order valence-corrected chi connectivity index (χ0v) is 11.9. The molecule has 6 heteroatoms. The summed E-state index contributed by atoms with van der Waals surface area (Å²) in [5.41, 5.74) is 0.898. The topological polar surface area (TPSA) is 82.2 Å². The van der Waals surface area contributed by atoms with Crippen LogP contribution in [0.1, 0.15) is 25.8 Å². The van der Waals surface area contributed by atoms with Gasteiger partial charge in [-0.2, -0.15) is 5.26 Å². The number of nitro benzene ring substituents is 1. The van der Waals surface area contributed by atoms with Crippen LogP contribution in [-0.4, -0.2) is 36.0 Å². The molecule has 0 saturated heterocycles. The minimum absolute atomic E-state index is 0.0600. The largest absolute Gasteiger partial charge is 0.384 e. The molecule has 0 spiro atoms. The van der Waals surface area contributed by atoms with Gasteiger partial charge in [0.1, 0.15) is 6.07 Å². The van der Waals surface area contributed by atoms with Gasteiger partial charge in [-0.1, -0.05) is 13.8 Å². The van der Waals surface area contributed by atoms with Gasteiger partial charge in [0.05, 0.1) is 16.2 Å². The summed E-state index contributed by atoms with van der Waals surface area (Å²) in [6.45, 7) is 8.04. The number of anilines is 1. The number of nitrogens with one attached hydrogen (secondary N) is 1. The monoisotopic (exact) mass is 276 g/mol. The van der Waals surface area contributed by atoms with Crippen molar-refractivity contribution in [3.05, 3.63) is 33.9 Å². The summed E-state index contributed by atoms with van der Waals surface area (Å²) in [5, 5.41) is 22.8. The molecule has 1 aromatic rings. The molecule has 20 heavy (non-hydrogen) atoms. The lowest BCUT2D eigenvalue weighted by molar-refractivity contribution is -0.384. The highest BCUT2D eigenvalue weighted by Crippen LogP contribution is 2.21. The van der Waals surface area contributed by atoms with Crippen LogP contribution in [0.15, 0.2) is 18.2 Å². The molecule has 0 aromatic heterocycles. The highest BCUT2D eigenvalue weighted by molar-refractivity contribution is 5.61. The first kappa shape index (κ1) is 15.9. The van der Waals surface area contributed by atoms with Gasteiger partial charge in [-0.15, -0.1) is 0 Å². The lowest BCUT2D eigenvalue weighted by Crippen LogP contribution is -2.25. The summed E-state index contributed by atoms with van der Waals surface area (Å²) >= 11 is 0. The molecular formula is C14H20N4O2. The molecule has 0 radical (unpaired) electrons. The molecule has 1 rings (SSSR count). The van der Waals surface area contributed by atoms with E-state index in [0.717, 1.165) is 32.6 Å². The van der Waals surface area contributed by atoms with Crippen molar-refractivity contribution in [3.63, 3.8) is 0 Å². The average molecular weight is 276 g/mol. The summed E-state index contributed by atoms with van der Waals surface area (Å²) in [6.07, 6.45) is 0.962. The third kappa shape index (κ3) is 4.52. The summed E-state index contributed by atoms with van der Waals surface area (Å²) < 4.78 is 0. The Bertz CT molecular complexity index is 492. The molecule has 108 valence electrons. The van der Waals surface area contributed by atoms with E-state index in [9.17, 15) is 10.1 Å². The Morgan fingerprint density at radius 1 is 1.40 bits per heavy atom. The molecule has 6 nitrogen and oxygen atoms in total. The van der Waals surface area contributed by atoms with Crippen molar-refractivity contribution in [1.29, 1.82) is 5.26 Å². The Kier molecular flexibility index (Phi) is 6.47. The van der Waals surface area contributed by atoms with Crippen LogP contribution in [0.3, 0.4) is 0 Å². The smallest absolute Gasteiger partial charge is 0.270 e. The normalized spacial score (nSPS) is 10.3. The summed E-state index contributed by atoms with van der Waals surface area (Å²) in [4.78, 5) is 12.5. The maximum Gasteiger partial charge on any atom is 0.270 e. The predicted octanol–water partition coefficient (Wildman–Crippen LogP) is 2.61. The molecule has 0 aliphatic rings. The SMILES string of the molecule is CCN(CC)CCCNc1ccc([N+](=O)[O-])cc1C#N. The Morgan fingerprint density at radius 2 is 2.10 bits per heavy atom. The zero-order valence-electron chi connectivity index (χ0n) is 11.9. The second-order valence-corrected chi connectivity index (χ2v) is 4.41. The van der Waals surface area contributed by atoms with Crippen LogP contribution < -0.4 is 5.32 Å². The van der Waals surface area contributed by atoms with Crippen molar-refractivity contribution in [2.24, 2.45) is 0 Å². The van der Waals surface area contributed by atoms with Gasteiger partial charge < -0.3 is 10.2 Å². The number of nitriles is 1. The highest BCUT2D eigenvalue weighted by atomic mass is 16.6. The van der Waals surface area contributed by atoms with Crippen molar-refractivity contribution in [3.8, 4) is 6.07 Å². The van der Waals surface area contributed by atoms with Crippen molar-refractivity contribution in [2.75, 3.05) is 31.5 Å².